The Morgan fingerprint density at radius 3 is 2.41 bits per heavy atom. The maximum atomic E-state index is 12.6. The molecule has 0 radical (unpaired) electrons. The number of esters is 1. The zero-order valence-electron chi connectivity index (χ0n) is 17.0. The fraction of sp³-hybridized carbons (Fsp3) is 0.0833. The first-order valence-corrected chi connectivity index (χ1v) is 12.2. The number of nitrogens with zero attached hydrogens (tertiary/aromatic N) is 1. The topological polar surface area (TPSA) is 85.4 Å². The van der Waals surface area contributed by atoms with Crippen LogP contribution >= 0.6 is 11.3 Å². The molecule has 0 fully saturated rings. The van der Waals surface area contributed by atoms with Crippen LogP contribution in [-0.4, -0.2) is 19.4 Å². The molecule has 0 aliphatic carbocycles. The van der Waals surface area contributed by atoms with Gasteiger partial charge in [-0.3, -0.25) is 0 Å². The molecule has 6 nitrogen and oxygen atoms in total. The van der Waals surface area contributed by atoms with E-state index in [1.165, 1.54) is 35.6 Å². The van der Waals surface area contributed by atoms with Crippen LogP contribution in [0.2, 0.25) is 0 Å². The average Bonchev–Trinajstić information content (AvgIpc) is 3.32. The van der Waals surface area contributed by atoms with E-state index in [1.54, 1.807) is 0 Å². The van der Waals surface area contributed by atoms with Gasteiger partial charge in [0.25, 0.3) is 0 Å². The Labute approximate surface area is 190 Å². The highest BCUT2D eigenvalue weighted by atomic mass is 32.2. The second-order valence-electron chi connectivity index (χ2n) is 6.92. The number of hydrogen-bond donors (Lipinski definition) is 1. The van der Waals surface area contributed by atoms with E-state index < -0.39 is 16.0 Å². The summed E-state index contributed by atoms with van der Waals surface area (Å²) in [5.74, 6) is -0.612. The second kappa shape index (κ2) is 9.86. The summed E-state index contributed by atoms with van der Waals surface area (Å²) in [6.07, 6.45) is 0. The van der Waals surface area contributed by atoms with Crippen LogP contribution in [0, 0.1) is 0 Å². The number of rotatable bonds is 8. The molecule has 0 atom stereocenters. The molecule has 1 aromatic heterocycles. The smallest absolute Gasteiger partial charge is 0.338 e. The van der Waals surface area contributed by atoms with E-state index in [2.05, 4.69) is 9.71 Å². The zero-order valence-corrected chi connectivity index (χ0v) is 18.6. The summed E-state index contributed by atoms with van der Waals surface area (Å²) in [5.41, 5.74) is 2.63. The van der Waals surface area contributed by atoms with Crippen LogP contribution in [0.3, 0.4) is 0 Å². The molecule has 3 aromatic carbocycles. The Kier molecular flexibility index (Phi) is 6.75. The molecule has 8 heteroatoms. The van der Waals surface area contributed by atoms with Gasteiger partial charge < -0.3 is 4.74 Å². The van der Waals surface area contributed by atoms with Crippen LogP contribution in [0.1, 0.15) is 21.6 Å². The predicted molar refractivity (Wildman–Crippen MR) is 124 cm³/mol. The SMILES string of the molecule is O=C(OCc1csc(-c2ccccc2)n1)c1cccc(S(=O)(=O)NCc2ccccc2)c1. The molecule has 0 saturated carbocycles. The summed E-state index contributed by atoms with van der Waals surface area (Å²) in [6.45, 7) is 0.164. The lowest BCUT2D eigenvalue weighted by Gasteiger charge is -2.08. The van der Waals surface area contributed by atoms with E-state index >= 15 is 0 Å². The van der Waals surface area contributed by atoms with Gasteiger partial charge in [0.1, 0.15) is 11.6 Å². The monoisotopic (exact) mass is 464 g/mol. The number of aromatic nitrogens is 1. The molecule has 4 rings (SSSR count). The maximum absolute atomic E-state index is 12.6. The molecule has 0 bridgehead atoms. The quantitative estimate of drug-likeness (QED) is 0.384. The lowest BCUT2D eigenvalue weighted by atomic mass is 10.2. The normalized spacial score (nSPS) is 11.2. The number of sulfonamides is 1. The van der Waals surface area contributed by atoms with Crippen LogP contribution in [0.25, 0.3) is 10.6 Å². The van der Waals surface area contributed by atoms with E-state index in [0.717, 1.165) is 16.1 Å². The van der Waals surface area contributed by atoms with Gasteiger partial charge in [0.05, 0.1) is 16.2 Å². The predicted octanol–water partition coefficient (Wildman–Crippen LogP) is 4.65. The minimum atomic E-state index is -3.78. The third kappa shape index (κ3) is 5.47. The molecule has 0 saturated heterocycles. The number of hydrogen-bond acceptors (Lipinski definition) is 6. The Morgan fingerprint density at radius 2 is 1.66 bits per heavy atom. The summed E-state index contributed by atoms with van der Waals surface area (Å²) in [5, 5.41) is 2.68. The first-order valence-electron chi connectivity index (χ1n) is 9.82. The third-order valence-electron chi connectivity index (χ3n) is 4.61. The summed E-state index contributed by atoms with van der Waals surface area (Å²) < 4.78 is 33.1. The van der Waals surface area contributed by atoms with Crippen molar-refractivity contribution in [1.29, 1.82) is 0 Å². The number of thiazole rings is 1. The van der Waals surface area contributed by atoms with Gasteiger partial charge >= 0.3 is 5.97 Å². The lowest BCUT2D eigenvalue weighted by molar-refractivity contribution is 0.0468. The van der Waals surface area contributed by atoms with Crippen molar-refractivity contribution in [2.24, 2.45) is 0 Å². The Hall–Kier alpha value is -3.33. The molecular formula is C24H20N2O4S2. The minimum absolute atomic E-state index is 0.00269. The minimum Gasteiger partial charge on any atom is -0.456 e. The molecule has 0 spiro atoms. The van der Waals surface area contributed by atoms with Crippen molar-refractivity contribution in [2.75, 3.05) is 0 Å². The zero-order chi connectivity index (χ0) is 22.4. The van der Waals surface area contributed by atoms with Gasteiger partial charge in [0, 0.05) is 17.5 Å². The van der Waals surface area contributed by atoms with Crippen molar-refractivity contribution in [3.8, 4) is 10.6 Å². The molecule has 0 aliphatic heterocycles. The number of ether oxygens (including phenoxy) is 1. The van der Waals surface area contributed by atoms with Gasteiger partial charge in [-0.25, -0.2) is 22.9 Å². The fourth-order valence-corrected chi connectivity index (χ4v) is 4.83. The van der Waals surface area contributed by atoms with E-state index in [4.69, 9.17) is 4.74 Å². The lowest BCUT2D eigenvalue weighted by Crippen LogP contribution is -2.23. The molecule has 4 aromatic rings. The molecule has 0 unspecified atom stereocenters. The van der Waals surface area contributed by atoms with Crippen LogP contribution in [0.15, 0.2) is 95.2 Å². The highest BCUT2D eigenvalue weighted by molar-refractivity contribution is 7.89. The first kappa shape index (κ1) is 21.9. The van der Waals surface area contributed by atoms with Crippen molar-refractivity contribution >= 4 is 27.3 Å². The van der Waals surface area contributed by atoms with Crippen LogP contribution in [0.4, 0.5) is 0 Å². The van der Waals surface area contributed by atoms with Crippen molar-refractivity contribution < 1.29 is 17.9 Å². The standard InChI is InChI=1S/C24H20N2O4S2/c27-24(30-16-21-17-31-23(26-21)19-10-5-2-6-11-19)20-12-7-13-22(14-20)32(28,29)25-15-18-8-3-1-4-9-18/h1-14,17,25H,15-16H2. The van der Waals surface area contributed by atoms with Crippen molar-refractivity contribution in [2.45, 2.75) is 18.0 Å². The van der Waals surface area contributed by atoms with E-state index in [1.807, 2.05) is 66.0 Å². The average molecular weight is 465 g/mol. The Bertz CT molecular complexity index is 1300. The molecule has 32 heavy (non-hydrogen) atoms. The highest BCUT2D eigenvalue weighted by Crippen LogP contribution is 2.23. The van der Waals surface area contributed by atoms with Gasteiger partial charge in [-0.1, -0.05) is 66.7 Å². The van der Waals surface area contributed by atoms with E-state index in [0.29, 0.717) is 5.69 Å². The van der Waals surface area contributed by atoms with Gasteiger partial charge in [-0.15, -0.1) is 11.3 Å². The number of carbonyl (C=O) groups excluding carboxylic acids is 1. The molecule has 0 amide bonds. The largest absolute Gasteiger partial charge is 0.456 e. The Morgan fingerprint density at radius 1 is 0.938 bits per heavy atom. The third-order valence-corrected chi connectivity index (χ3v) is 6.95. The van der Waals surface area contributed by atoms with Gasteiger partial charge in [0.15, 0.2) is 0 Å². The fourth-order valence-electron chi connectivity index (χ4n) is 2.96. The maximum Gasteiger partial charge on any atom is 0.338 e. The molecular weight excluding hydrogens is 444 g/mol. The van der Waals surface area contributed by atoms with Gasteiger partial charge in [0.2, 0.25) is 10.0 Å². The van der Waals surface area contributed by atoms with Crippen LogP contribution < -0.4 is 4.72 Å². The van der Waals surface area contributed by atoms with Gasteiger partial charge in [-0.05, 0) is 23.8 Å². The van der Waals surface area contributed by atoms with Crippen LogP contribution in [-0.2, 0) is 27.9 Å². The molecule has 0 aliphatic rings. The van der Waals surface area contributed by atoms with Crippen LogP contribution in [0.5, 0.6) is 0 Å². The van der Waals surface area contributed by atoms with Crippen molar-refractivity contribution in [3.05, 3.63) is 107 Å². The van der Waals surface area contributed by atoms with E-state index in [-0.39, 0.29) is 23.6 Å². The summed E-state index contributed by atoms with van der Waals surface area (Å²) in [7, 11) is -3.78. The molecule has 1 heterocycles. The summed E-state index contributed by atoms with van der Waals surface area (Å²) in [4.78, 5) is 17.0. The number of nitrogens with one attached hydrogen (secondary N) is 1. The highest BCUT2D eigenvalue weighted by Gasteiger charge is 2.17. The number of benzene rings is 3. The Balaban J connectivity index is 1.39. The van der Waals surface area contributed by atoms with Gasteiger partial charge in [-0.2, -0.15) is 0 Å². The first-order chi connectivity index (χ1) is 15.5. The van der Waals surface area contributed by atoms with Crippen molar-refractivity contribution in [3.63, 3.8) is 0 Å². The van der Waals surface area contributed by atoms with E-state index in [9.17, 15) is 13.2 Å². The summed E-state index contributed by atoms with van der Waals surface area (Å²) >= 11 is 1.47. The number of carbonyl (C=O) groups is 1. The van der Waals surface area contributed by atoms with Crippen molar-refractivity contribution in [1.82, 2.24) is 9.71 Å². The summed E-state index contributed by atoms with van der Waals surface area (Å²) in [6, 6.07) is 24.7. The second-order valence-corrected chi connectivity index (χ2v) is 9.55. The molecule has 162 valence electrons. The molecule has 1 N–H and O–H groups in total.